The Morgan fingerprint density at radius 3 is 2.71 bits per heavy atom. The number of hydrogen-bond acceptors (Lipinski definition) is 3. The number of halogens is 2. The molecule has 2 rings (SSSR count). The van der Waals surface area contributed by atoms with Crippen LogP contribution in [0, 0.1) is 0 Å². The van der Waals surface area contributed by atoms with Gasteiger partial charge in [-0.05, 0) is 57.9 Å². The number of carbonyl (C=O) groups excluding carboxylic acids is 1. The molecule has 1 aromatic rings. The number of carbonyl (C=O) groups is 1. The first kappa shape index (κ1) is 13.5. The van der Waals surface area contributed by atoms with E-state index in [2.05, 4.69) is 43.8 Å². The molecule has 0 saturated carbocycles. The molecule has 1 amide bonds. The number of hydrogen-bond donors (Lipinski definition) is 0. The van der Waals surface area contributed by atoms with E-state index in [-0.39, 0.29) is 5.91 Å². The van der Waals surface area contributed by atoms with Gasteiger partial charge >= 0.3 is 0 Å². The van der Waals surface area contributed by atoms with Crippen molar-refractivity contribution in [3.8, 4) is 0 Å². The topological polar surface area (TPSA) is 23.6 Å². The Balaban J connectivity index is 2.09. The molecule has 0 bridgehead atoms. The van der Waals surface area contributed by atoms with Crippen molar-refractivity contribution in [1.29, 1.82) is 0 Å². The van der Waals surface area contributed by atoms with Gasteiger partial charge in [-0.1, -0.05) is 0 Å². The van der Waals surface area contributed by atoms with Crippen LogP contribution in [0.25, 0.3) is 0 Å². The molecule has 0 aromatic carbocycles. The highest BCUT2D eigenvalue weighted by atomic mass is 79.9. The SMILES string of the molecule is CN1CCCN(C(=O)c2cc(Br)c(Br)s2)CC1. The average molecular weight is 382 g/mol. The standard InChI is InChI=1S/C11H14Br2N2OS/c1-14-3-2-4-15(6-5-14)11(16)9-7-8(12)10(13)17-9/h7H,2-6H2,1H3. The predicted octanol–water partition coefficient (Wildman–Crippen LogP) is 3.05. The maximum absolute atomic E-state index is 12.3. The first-order valence-corrected chi connectivity index (χ1v) is 7.91. The maximum Gasteiger partial charge on any atom is 0.264 e. The summed E-state index contributed by atoms with van der Waals surface area (Å²) < 4.78 is 1.94. The molecule has 1 aliphatic heterocycles. The summed E-state index contributed by atoms with van der Waals surface area (Å²) in [6, 6.07) is 1.89. The molecule has 0 unspecified atom stereocenters. The fraction of sp³-hybridized carbons (Fsp3) is 0.545. The Labute approximate surface area is 122 Å². The fourth-order valence-electron chi connectivity index (χ4n) is 1.86. The van der Waals surface area contributed by atoms with Gasteiger partial charge in [0, 0.05) is 24.1 Å². The van der Waals surface area contributed by atoms with E-state index >= 15 is 0 Å². The van der Waals surface area contributed by atoms with Gasteiger partial charge in [-0.3, -0.25) is 4.79 Å². The molecule has 1 aliphatic rings. The van der Waals surface area contributed by atoms with Crippen LogP contribution < -0.4 is 0 Å². The Bertz CT molecular complexity index is 402. The molecule has 17 heavy (non-hydrogen) atoms. The van der Waals surface area contributed by atoms with Gasteiger partial charge in [-0.25, -0.2) is 0 Å². The second kappa shape index (κ2) is 5.82. The van der Waals surface area contributed by atoms with Crippen molar-refractivity contribution in [1.82, 2.24) is 9.80 Å². The van der Waals surface area contributed by atoms with Crippen LogP contribution in [-0.4, -0.2) is 48.9 Å². The molecule has 1 fully saturated rings. The van der Waals surface area contributed by atoms with Gasteiger partial charge in [0.2, 0.25) is 0 Å². The van der Waals surface area contributed by atoms with Crippen LogP contribution >= 0.6 is 43.2 Å². The summed E-state index contributed by atoms with van der Waals surface area (Å²) in [5, 5.41) is 0. The Kier molecular flexibility index (Phi) is 4.63. The zero-order valence-corrected chi connectivity index (χ0v) is 13.6. The zero-order valence-electron chi connectivity index (χ0n) is 9.58. The van der Waals surface area contributed by atoms with Gasteiger partial charge in [-0.15, -0.1) is 11.3 Å². The summed E-state index contributed by atoms with van der Waals surface area (Å²) in [6.45, 7) is 3.71. The van der Waals surface area contributed by atoms with E-state index in [0.717, 1.165) is 45.7 Å². The van der Waals surface area contributed by atoms with E-state index in [9.17, 15) is 4.79 Å². The first-order valence-electron chi connectivity index (χ1n) is 5.50. The molecule has 0 N–H and O–H groups in total. The highest BCUT2D eigenvalue weighted by molar-refractivity contribution is 9.13. The number of rotatable bonds is 1. The van der Waals surface area contributed by atoms with Gasteiger partial charge < -0.3 is 9.80 Å². The summed E-state index contributed by atoms with van der Waals surface area (Å²) in [5.74, 6) is 0.150. The van der Waals surface area contributed by atoms with Crippen LogP contribution in [0.15, 0.2) is 14.3 Å². The Morgan fingerprint density at radius 2 is 2.06 bits per heavy atom. The van der Waals surface area contributed by atoms with E-state index < -0.39 is 0 Å². The van der Waals surface area contributed by atoms with Gasteiger partial charge in [0.05, 0.1) is 8.66 Å². The van der Waals surface area contributed by atoms with E-state index in [0.29, 0.717) is 0 Å². The van der Waals surface area contributed by atoms with Gasteiger partial charge in [0.1, 0.15) is 0 Å². The summed E-state index contributed by atoms with van der Waals surface area (Å²) >= 11 is 8.33. The van der Waals surface area contributed by atoms with Crippen molar-refractivity contribution in [3.05, 3.63) is 19.2 Å². The minimum Gasteiger partial charge on any atom is -0.337 e. The molecule has 0 atom stereocenters. The lowest BCUT2D eigenvalue weighted by molar-refractivity contribution is 0.0767. The number of amides is 1. The summed E-state index contributed by atoms with van der Waals surface area (Å²) in [5.41, 5.74) is 0. The predicted molar refractivity (Wildman–Crippen MR) is 77.7 cm³/mol. The van der Waals surface area contributed by atoms with Crippen LogP contribution in [0.2, 0.25) is 0 Å². The Hall–Kier alpha value is 0.0900. The highest BCUT2D eigenvalue weighted by Crippen LogP contribution is 2.33. The number of nitrogens with zero attached hydrogens (tertiary/aromatic N) is 2. The van der Waals surface area contributed by atoms with Crippen molar-refractivity contribution in [2.75, 3.05) is 33.2 Å². The third-order valence-electron chi connectivity index (χ3n) is 2.86. The van der Waals surface area contributed by atoms with Crippen molar-refractivity contribution in [3.63, 3.8) is 0 Å². The van der Waals surface area contributed by atoms with Crippen molar-refractivity contribution in [2.45, 2.75) is 6.42 Å². The molecule has 1 aromatic heterocycles. The van der Waals surface area contributed by atoms with Gasteiger partial charge in [-0.2, -0.15) is 0 Å². The summed E-state index contributed by atoms with van der Waals surface area (Å²) in [6.07, 6.45) is 1.05. The highest BCUT2D eigenvalue weighted by Gasteiger charge is 2.21. The second-order valence-corrected chi connectivity index (χ2v) is 7.41. The minimum atomic E-state index is 0.150. The number of likely N-dealkylation sites (N-methyl/N-ethyl adjacent to an activating group) is 1. The summed E-state index contributed by atoms with van der Waals surface area (Å²) in [4.78, 5) is 17.3. The molecule has 0 aliphatic carbocycles. The lowest BCUT2D eigenvalue weighted by Crippen LogP contribution is -2.34. The normalized spacial score (nSPS) is 18.2. The van der Waals surface area contributed by atoms with Gasteiger partial charge in [0.15, 0.2) is 0 Å². The number of thiophene rings is 1. The van der Waals surface area contributed by atoms with Crippen LogP contribution in [0.3, 0.4) is 0 Å². The quantitative estimate of drug-likeness (QED) is 0.746. The van der Waals surface area contributed by atoms with E-state index in [1.54, 1.807) is 0 Å². The van der Waals surface area contributed by atoms with Crippen LogP contribution in [0.4, 0.5) is 0 Å². The molecule has 6 heteroatoms. The van der Waals surface area contributed by atoms with Crippen molar-refractivity contribution in [2.24, 2.45) is 0 Å². The molecular formula is C11H14Br2N2OS. The van der Waals surface area contributed by atoms with Crippen LogP contribution in [-0.2, 0) is 0 Å². The zero-order chi connectivity index (χ0) is 12.4. The van der Waals surface area contributed by atoms with Crippen LogP contribution in [0.1, 0.15) is 16.1 Å². The molecule has 0 radical (unpaired) electrons. The van der Waals surface area contributed by atoms with Crippen LogP contribution in [0.5, 0.6) is 0 Å². The third-order valence-corrected chi connectivity index (χ3v) is 6.11. The van der Waals surface area contributed by atoms with Gasteiger partial charge in [0.25, 0.3) is 5.91 Å². The van der Waals surface area contributed by atoms with Crippen molar-refractivity contribution >= 4 is 49.1 Å². The molecule has 94 valence electrons. The first-order chi connectivity index (χ1) is 8.08. The summed E-state index contributed by atoms with van der Waals surface area (Å²) in [7, 11) is 2.10. The monoisotopic (exact) mass is 380 g/mol. The maximum atomic E-state index is 12.3. The average Bonchev–Trinajstić information content (AvgIpc) is 2.51. The largest absolute Gasteiger partial charge is 0.337 e. The van der Waals surface area contributed by atoms with E-state index in [1.165, 1.54) is 11.3 Å². The molecule has 3 nitrogen and oxygen atoms in total. The van der Waals surface area contributed by atoms with E-state index in [4.69, 9.17) is 0 Å². The van der Waals surface area contributed by atoms with Crippen molar-refractivity contribution < 1.29 is 4.79 Å². The third kappa shape index (κ3) is 3.30. The molecule has 2 heterocycles. The smallest absolute Gasteiger partial charge is 0.264 e. The fourth-order valence-corrected chi connectivity index (χ4v) is 3.86. The lowest BCUT2D eigenvalue weighted by atomic mass is 10.3. The molecule has 0 spiro atoms. The second-order valence-electron chi connectivity index (χ2n) is 4.18. The lowest BCUT2D eigenvalue weighted by Gasteiger charge is -2.19. The molecular weight excluding hydrogens is 368 g/mol. The molecule has 1 saturated heterocycles. The minimum absolute atomic E-state index is 0.150. The van der Waals surface area contributed by atoms with E-state index in [1.807, 2.05) is 11.0 Å². The Morgan fingerprint density at radius 1 is 1.29 bits per heavy atom.